The largest absolute Gasteiger partial charge is 0.396 e. The lowest BCUT2D eigenvalue weighted by Gasteiger charge is -2.21. The minimum atomic E-state index is -0.243. The van der Waals surface area contributed by atoms with E-state index < -0.39 is 0 Å². The van der Waals surface area contributed by atoms with Crippen molar-refractivity contribution in [1.29, 1.82) is 0 Å². The Morgan fingerprint density at radius 2 is 1.88 bits per heavy atom. The van der Waals surface area contributed by atoms with Crippen molar-refractivity contribution in [3.05, 3.63) is 65.2 Å². The Kier molecular flexibility index (Phi) is 6.83. The molecule has 0 aliphatic carbocycles. The maximum absolute atomic E-state index is 12.3. The van der Waals surface area contributed by atoms with Crippen LogP contribution in [0.25, 0.3) is 0 Å². The number of carbonyl (C=O) groups is 1. The number of aryl methyl sites for hydroxylation is 1. The zero-order valence-corrected chi connectivity index (χ0v) is 15.1. The first-order valence-electron chi connectivity index (χ1n) is 8.48. The molecule has 1 atom stereocenters. The van der Waals surface area contributed by atoms with Crippen molar-refractivity contribution in [3.63, 3.8) is 0 Å². The number of rotatable bonds is 7. The predicted octanol–water partition coefficient (Wildman–Crippen LogP) is 2.98. The van der Waals surface area contributed by atoms with Gasteiger partial charge in [-0.05, 0) is 36.1 Å². The number of nitrogens with zero attached hydrogens (tertiary/aromatic N) is 1. The summed E-state index contributed by atoms with van der Waals surface area (Å²) in [5, 5.41) is 15.1. The zero-order valence-electron chi connectivity index (χ0n) is 15.1. The van der Waals surface area contributed by atoms with Crippen molar-refractivity contribution in [2.24, 2.45) is 0 Å². The van der Waals surface area contributed by atoms with Crippen LogP contribution in [0.5, 0.6) is 0 Å². The number of carbonyl (C=O) groups excluding carboxylic acids is 1. The number of urea groups is 1. The number of hydrogen-bond donors (Lipinski definition) is 3. The van der Waals surface area contributed by atoms with Gasteiger partial charge in [-0.25, -0.2) is 4.79 Å². The Bertz CT molecular complexity index is 687. The van der Waals surface area contributed by atoms with E-state index in [1.54, 1.807) is 0 Å². The van der Waals surface area contributed by atoms with E-state index in [4.69, 9.17) is 0 Å². The van der Waals surface area contributed by atoms with Gasteiger partial charge < -0.3 is 20.6 Å². The molecule has 0 aliphatic heterocycles. The molecule has 0 aromatic heterocycles. The van der Waals surface area contributed by atoms with Gasteiger partial charge in [0.1, 0.15) is 0 Å². The quantitative estimate of drug-likeness (QED) is 0.725. The van der Waals surface area contributed by atoms with E-state index in [1.807, 2.05) is 61.5 Å². The molecule has 0 bridgehead atoms. The summed E-state index contributed by atoms with van der Waals surface area (Å²) in [4.78, 5) is 14.3. The summed E-state index contributed by atoms with van der Waals surface area (Å²) >= 11 is 0. The smallest absolute Gasteiger partial charge is 0.315 e. The molecular formula is C20H27N3O2. The minimum absolute atomic E-state index is 0.0164. The third kappa shape index (κ3) is 5.50. The van der Waals surface area contributed by atoms with Gasteiger partial charge in [-0.15, -0.1) is 0 Å². The maximum atomic E-state index is 12.3. The van der Waals surface area contributed by atoms with E-state index in [0.29, 0.717) is 13.0 Å². The van der Waals surface area contributed by atoms with Gasteiger partial charge in [0.2, 0.25) is 0 Å². The van der Waals surface area contributed by atoms with Crippen molar-refractivity contribution in [2.75, 3.05) is 25.6 Å². The average molecular weight is 341 g/mol. The van der Waals surface area contributed by atoms with Crippen molar-refractivity contribution in [1.82, 2.24) is 10.6 Å². The number of anilines is 1. The van der Waals surface area contributed by atoms with Gasteiger partial charge >= 0.3 is 6.03 Å². The van der Waals surface area contributed by atoms with E-state index in [9.17, 15) is 9.90 Å². The molecule has 0 fully saturated rings. The highest BCUT2D eigenvalue weighted by molar-refractivity contribution is 5.74. The van der Waals surface area contributed by atoms with Crippen LogP contribution in [0.15, 0.2) is 48.5 Å². The van der Waals surface area contributed by atoms with E-state index in [-0.39, 0.29) is 18.7 Å². The number of hydrogen-bond acceptors (Lipinski definition) is 3. The van der Waals surface area contributed by atoms with E-state index in [1.165, 1.54) is 5.56 Å². The maximum Gasteiger partial charge on any atom is 0.315 e. The summed E-state index contributed by atoms with van der Waals surface area (Å²) in [6.45, 7) is 2.51. The van der Waals surface area contributed by atoms with Crippen LogP contribution in [-0.2, 0) is 6.54 Å². The van der Waals surface area contributed by atoms with Gasteiger partial charge in [0.15, 0.2) is 0 Å². The lowest BCUT2D eigenvalue weighted by Crippen LogP contribution is -2.38. The SMILES string of the molecule is Cc1ccc(CNC(=O)N[C@H](CCO)c2ccccc2)c(N(C)C)c1. The van der Waals surface area contributed by atoms with Crippen molar-refractivity contribution >= 4 is 11.7 Å². The normalized spacial score (nSPS) is 11.7. The molecule has 2 aromatic carbocycles. The molecule has 0 aliphatic rings. The summed E-state index contributed by atoms with van der Waals surface area (Å²) in [7, 11) is 3.98. The highest BCUT2D eigenvalue weighted by Crippen LogP contribution is 2.20. The van der Waals surface area contributed by atoms with Gasteiger partial charge in [-0.3, -0.25) is 0 Å². The standard InChI is InChI=1S/C20H27N3O2/c1-15-9-10-17(19(13-15)23(2)3)14-21-20(25)22-18(11-12-24)16-7-5-4-6-8-16/h4-10,13,18,24H,11-12,14H2,1-3H3,(H2,21,22,25)/t18-/m1/s1. The summed E-state index contributed by atoms with van der Waals surface area (Å²) < 4.78 is 0. The van der Waals surface area contributed by atoms with Gasteiger partial charge in [0.05, 0.1) is 6.04 Å². The lowest BCUT2D eigenvalue weighted by atomic mass is 10.0. The fraction of sp³-hybridized carbons (Fsp3) is 0.350. The molecule has 0 spiro atoms. The number of aliphatic hydroxyl groups is 1. The summed E-state index contributed by atoms with van der Waals surface area (Å²) in [5.74, 6) is 0. The number of amides is 2. The molecule has 0 unspecified atom stereocenters. The molecule has 0 saturated heterocycles. The fourth-order valence-corrected chi connectivity index (χ4v) is 2.76. The van der Waals surface area contributed by atoms with Gasteiger partial charge in [-0.1, -0.05) is 42.5 Å². The van der Waals surface area contributed by atoms with E-state index in [2.05, 4.69) is 23.6 Å². The first-order valence-corrected chi connectivity index (χ1v) is 8.48. The Morgan fingerprint density at radius 3 is 2.52 bits per heavy atom. The van der Waals surface area contributed by atoms with Crippen molar-refractivity contribution in [2.45, 2.75) is 25.9 Å². The van der Waals surface area contributed by atoms with Crippen LogP contribution in [0, 0.1) is 6.92 Å². The molecule has 5 heteroatoms. The molecule has 2 rings (SSSR count). The second kappa shape index (κ2) is 9.08. The number of benzene rings is 2. The lowest BCUT2D eigenvalue weighted by molar-refractivity contribution is 0.229. The third-order valence-electron chi connectivity index (χ3n) is 4.09. The van der Waals surface area contributed by atoms with E-state index >= 15 is 0 Å². The van der Waals surface area contributed by atoms with Crippen LogP contribution in [-0.4, -0.2) is 31.8 Å². The van der Waals surface area contributed by atoms with Crippen molar-refractivity contribution < 1.29 is 9.90 Å². The molecule has 25 heavy (non-hydrogen) atoms. The summed E-state index contributed by atoms with van der Waals surface area (Å²) in [6, 6.07) is 15.4. The minimum Gasteiger partial charge on any atom is -0.396 e. The highest BCUT2D eigenvalue weighted by Gasteiger charge is 2.14. The fourth-order valence-electron chi connectivity index (χ4n) is 2.76. The Labute approximate surface area is 149 Å². The first kappa shape index (κ1) is 18.8. The zero-order chi connectivity index (χ0) is 18.2. The Morgan fingerprint density at radius 1 is 1.16 bits per heavy atom. The van der Waals surface area contributed by atoms with Crippen LogP contribution < -0.4 is 15.5 Å². The third-order valence-corrected chi connectivity index (χ3v) is 4.09. The topological polar surface area (TPSA) is 64.6 Å². The molecule has 2 aromatic rings. The number of nitrogens with one attached hydrogen (secondary N) is 2. The summed E-state index contributed by atoms with van der Waals surface area (Å²) in [5.41, 5.74) is 4.32. The molecule has 0 heterocycles. The van der Waals surface area contributed by atoms with Gasteiger partial charge in [0, 0.05) is 32.9 Å². The Balaban J connectivity index is 2.00. The van der Waals surface area contributed by atoms with Crippen LogP contribution in [0.3, 0.4) is 0 Å². The molecule has 134 valence electrons. The molecular weight excluding hydrogens is 314 g/mol. The van der Waals surface area contributed by atoms with Crippen LogP contribution >= 0.6 is 0 Å². The molecule has 5 nitrogen and oxygen atoms in total. The highest BCUT2D eigenvalue weighted by atomic mass is 16.3. The van der Waals surface area contributed by atoms with Gasteiger partial charge in [-0.2, -0.15) is 0 Å². The summed E-state index contributed by atoms with van der Waals surface area (Å²) in [6.07, 6.45) is 0.477. The Hall–Kier alpha value is -2.53. The van der Waals surface area contributed by atoms with Crippen LogP contribution in [0.4, 0.5) is 10.5 Å². The van der Waals surface area contributed by atoms with Crippen LogP contribution in [0.2, 0.25) is 0 Å². The van der Waals surface area contributed by atoms with Gasteiger partial charge in [0.25, 0.3) is 0 Å². The second-order valence-electron chi connectivity index (χ2n) is 6.33. The molecule has 3 N–H and O–H groups in total. The van der Waals surface area contributed by atoms with E-state index in [0.717, 1.165) is 16.8 Å². The monoisotopic (exact) mass is 341 g/mol. The van der Waals surface area contributed by atoms with Crippen LogP contribution in [0.1, 0.15) is 29.2 Å². The molecule has 0 saturated carbocycles. The first-order chi connectivity index (χ1) is 12.0. The van der Waals surface area contributed by atoms with Crippen molar-refractivity contribution in [3.8, 4) is 0 Å². The predicted molar refractivity (Wildman–Crippen MR) is 102 cm³/mol. The second-order valence-corrected chi connectivity index (χ2v) is 6.33. The molecule has 2 amide bonds. The average Bonchev–Trinajstić information content (AvgIpc) is 2.61. The molecule has 0 radical (unpaired) electrons. The number of aliphatic hydroxyl groups excluding tert-OH is 1.